The number of piperidine rings is 1. The van der Waals surface area contributed by atoms with Crippen LogP contribution in [0, 0.1) is 0 Å². The van der Waals surface area contributed by atoms with Crippen LogP contribution in [0.1, 0.15) is 19.3 Å². The Bertz CT molecular complexity index is 525. The second-order valence-corrected chi connectivity index (χ2v) is 7.27. The molecule has 0 aliphatic carbocycles. The average molecular weight is 294 g/mol. The third-order valence-corrected chi connectivity index (χ3v) is 5.60. The lowest BCUT2D eigenvalue weighted by molar-refractivity contribution is 0.352. The minimum Gasteiger partial charge on any atom is -0.357 e. The summed E-state index contributed by atoms with van der Waals surface area (Å²) in [4.78, 5) is 6.93. The van der Waals surface area contributed by atoms with Crippen LogP contribution in [-0.2, 0) is 0 Å². The SMILES string of the molecule is S=C(Sc1nc2ccccc2s1)N1CCCCC1. The van der Waals surface area contributed by atoms with Crippen molar-refractivity contribution in [1.82, 2.24) is 9.88 Å². The van der Waals surface area contributed by atoms with Gasteiger partial charge in [0.2, 0.25) is 0 Å². The van der Waals surface area contributed by atoms with Gasteiger partial charge in [-0.2, -0.15) is 0 Å². The summed E-state index contributed by atoms with van der Waals surface area (Å²) in [6, 6.07) is 8.25. The van der Waals surface area contributed by atoms with Crippen LogP contribution in [0.25, 0.3) is 10.2 Å². The molecule has 1 saturated heterocycles. The Hall–Kier alpha value is -0.650. The standard InChI is InChI=1S/C13H14N2S3/c16-13(15-8-4-1-5-9-15)18-12-14-10-6-2-3-7-11(10)17-12/h2-3,6-7H,1,4-5,8-9H2. The largest absolute Gasteiger partial charge is 0.357 e. The van der Waals surface area contributed by atoms with Crippen molar-refractivity contribution >= 4 is 49.9 Å². The number of aromatic nitrogens is 1. The molecule has 5 heteroatoms. The number of thioether (sulfide) groups is 1. The van der Waals surface area contributed by atoms with Crippen molar-refractivity contribution in [2.75, 3.05) is 13.1 Å². The maximum atomic E-state index is 5.52. The molecule has 0 unspecified atom stereocenters. The third-order valence-electron chi connectivity index (χ3n) is 3.06. The van der Waals surface area contributed by atoms with Gasteiger partial charge in [-0.1, -0.05) is 24.4 Å². The van der Waals surface area contributed by atoms with Crippen LogP contribution in [-0.4, -0.2) is 27.3 Å². The lowest BCUT2D eigenvalue weighted by atomic mass is 10.1. The summed E-state index contributed by atoms with van der Waals surface area (Å²) in [6.07, 6.45) is 3.87. The number of fused-ring (bicyclic) bond motifs is 1. The molecule has 1 fully saturated rings. The third kappa shape index (κ3) is 2.68. The molecule has 0 amide bonds. The highest BCUT2D eigenvalue weighted by molar-refractivity contribution is 8.23. The maximum Gasteiger partial charge on any atom is 0.158 e. The first-order valence-corrected chi connectivity index (χ1v) is 8.19. The zero-order valence-corrected chi connectivity index (χ0v) is 12.4. The topological polar surface area (TPSA) is 16.1 Å². The number of para-hydroxylation sites is 1. The number of thiocarbonyl (C=S) groups is 1. The number of rotatable bonds is 1. The molecular formula is C13H14N2S3. The van der Waals surface area contributed by atoms with Gasteiger partial charge < -0.3 is 4.90 Å². The fourth-order valence-electron chi connectivity index (χ4n) is 2.11. The summed E-state index contributed by atoms with van der Waals surface area (Å²) in [5.41, 5.74) is 1.08. The van der Waals surface area contributed by atoms with Crippen LogP contribution in [0.15, 0.2) is 28.6 Å². The molecule has 0 atom stereocenters. The molecule has 1 aromatic carbocycles. The Labute approximate surface area is 120 Å². The van der Waals surface area contributed by atoms with Crippen LogP contribution < -0.4 is 0 Å². The zero-order valence-electron chi connectivity index (χ0n) is 9.96. The molecule has 0 bridgehead atoms. The van der Waals surface area contributed by atoms with Crippen LogP contribution in [0.2, 0.25) is 0 Å². The van der Waals surface area contributed by atoms with E-state index < -0.39 is 0 Å². The molecule has 0 N–H and O–H groups in total. The highest BCUT2D eigenvalue weighted by atomic mass is 32.2. The summed E-state index contributed by atoms with van der Waals surface area (Å²) in [7, 11) is 0. The number of hydrogen-bond donors (Lipinski definition) is 0. The smallest absolute Gasteiger partial charge is 0.158 e. The van der Waals surface area contributed by atoms with Crippen molar-refractivity contribution in [1.29, 1.82) is 0 Å². The van der Waals surface area contributed by atoms with Crippen LogP contribution in [0.4, 0.5) is 0 Å². The molecule has 2 aromatic rings. The minimum atomic E-state index is 0.980. The van der Waals surface area contributed by atoms with Crippen LogP contribution >= 0.6 is 35.3 Å². The van der Waals surface area contributed by atoms with E-state index in [-0.39, 0.29) is 0 Å². The lowest BCUT2D eigenvalue weighted by Gasteiger charge is -2.27. The predicted octanol–water partition coefficient (Wildman–Crippen LogP) is 4.16. The first-order chi connectivity index (χ1) is 8.83. The Morgan fingerprint density at radius 2 is 2.00 bits per heavy atom. The molecule has 18 heavy (non-hydrogen) atoms. The predicted molar refractivity (Wildman–Crippen MR) is 83.5 cm³/mol. The van der Waals surface area contributed by atoms with Gasteiger partial charge in [-0.25, -0.2) is 4.98 Å². The lowest BCUT2D eigenvalue weighted by Crippen LogP contribution is -2.32. The highest BCUT2D eigenvalue weighted by Crippen LogP contribution is 2.31. The molecule has 0 spiro atoms. The summed E-state index contributed by atoms with van der Waals surface area (Å²) in [5.74, 6) is 0. The van der Waals surface area contributed by atoms with Crippen LogP contribution in [0.5, 0.6) is 0 Å². The van der Waals surface area contributed by atoms with Gasteiger partial charge in [0.1, 0.15) is 4.32 Å². The van der Waals surface area contributed by atoms with E-state index in [2.05, 4.69) is 28.1 Å². The summed E-state index contributed by atoms with van der Waals surface area (Å²) >= 11 is 8.88. The molecule has 94 valence electrons. The molecule has 2 nitrogen and oxygen atoms in total. The van der Waals surface area contributed by atoms with E-state index in [0.29, 0.717) is 0 Å². The van der Waals surface area contributed by atoms with Crippen molar-refractivity contribution in [2.45, 2.75) is 23.6 Å². The van der Waals surface area contributed by atoms with Crippen molar-refractivity contribution in [3.8, 4) is 0 Å². The molecule has 1 aromatic heterocycles. The number of likely N-dealkylation sites (tertiary alicyclic amines) is 1. The first kappa shape index (κ1) is 12.4. The quantitative estimate of drug-likeness (QED) is 0.579. The van der Waals surface area contributed by atoms with Crippen molar-refractivity contribution in [3.05, 3.63) is 24.3 Å². The van der Waals surface area contributed by atoms with Gasteiger partial charge in [-0.05, 0) is 43.2 Å². The molecule has 2 heterocycles. The Morgan fingerprint density at radius 3 is 2.78 bits per heavy atom. The first-order valence-electron chi connectivity index (χ1n) is 6.15. The molecular weight excluding hydrogens is 280 g/mol. The van der Waals surface area contributed by atoms with Gasteiger partial charge >= 0.3 is 0 Å². The summed E-state index contributed by atoms with van der Waals surface area (Å²) < 4.78 is 3.28. The summed E-state index contributed by atoms with van der Waals surface area (Å²) in [6.45, 7) is 2.22. The van der Waals surface area contributed by atoms with Crippen molar-refractivity contribution in [3.63, 3.8) is 0 Å². The molecule has 0 saturated carbocycles. The molecule has 1 aliphatic heterocycles. The van der Waals surface area contributed by atoms with Gasteiger partial charge in [0.15, 0.2) is 4.34 Å². The van der Waals surface area contributed by atoms with Gasteiger partial charge in [0, 0.05) is 13.1 Å². The van der Waals surface area contributed by atoms with E-state index in [9.17, 15) is 0 Å². The molecule has 3 rings (SSSR count). The fourth-order valence-corrected chi connectivity index (χ4v) is 4.66. The molecule has 0 radical (unpaired) electrons. The molecule has 1 aliphatic rings. The Balaban J connectivity index is 1.73. The van der Waals surface area contributed by atoms with E-state index in [1.165, 1.54) is 24.0 Å². The van der Waals surface area contributed by atoms with Crippen molar-refractivity contribution < 1.29 is 0 Å². The minimum absolute atomic E-state index is 0.980. The Morgan fingerprint density at radius 1 is 1.22 bits per heavy atom. The van der Waals surface area contributed by atoms with Gasteiger partial charge in [-0.15, -0.1) is 11.3 Å². The van der Waals surface area contributed by atoms with E-state index in [1.807, 2.05) is 6.07 Å². The number of benzene rings is 1. The second kappa shape index (κ2) is 5.55. The van der Waals surface area contributed by atoms with Gasteiger partial charge in [0.25, 0.3) is 0 Å². The van der Waals surface area contributed by atoms with Crippen molar-refractivity contribution in [2.24, 2.45) is 0 Å². The zero-order chi connectivity index (χ0) is 12.4. The number of thiazole rings is 1. The van der Waals surface area contributed by atoms with Gasteiger partial charge in [0.05, 0.1) is 10.2 Å². The normalized spacial score (nSPS) is 16.1. The van der Waals surface area contributed by atoms with E-state index in [1.54, 1.807) is 23.1 Å². The van der Waals surface area contributed by atoms with Gasteiger partial charge in [-0.3, -0.25) is 0 Å². The second-order valence-electron chi connectivity index (χ2n) is 4.36. The maximum absolute atomic E-state index is 5.52. The average Bonchev–Trinajstić information content (AvgIpc) is 2.82. The fraction of sp³-hybridized carbons (Fsp3) is 0.385. The van der Waals surface area contributed by atoms with E-state index in [4.69, 9.17) is 12.2 Å². The Kier molecular flexibility index (Phi) is 3.82. The van der Waals surface area contributed by atoms with E-state index >= 15 is 0 Å². The summed E-state index contributed by atoms with van der Waals surface area (Å²) in [5, 5.41) is 0. The monoisotopic (exact) mass is 294 g/mol. The number of nitrogens with zero attached hydrogens (tertiary/aromatic N) is 2. The number of hydrogen-bond acceptors (Lipinski definition) is 4. The van der Waals surface area contributed by atoms with Crippen LogP contribution in [0.3, 0.4) is 0 Å². The van der Waals surface area contributed by atoms with E-state index in [0.717, 1.165) is 27.3 Å². The highest BCUT2D eigenvalue weighted by Gasteiger charge is 2.15.